The minimum absolute atomic E-state index is 0.165. The highest BCUT2D eigenvalue weighted by atomic mass is 79.9. The van der Waals surface area contributed by atoms with E-state index in [1.807, 2.05) is 31.2 Å². The fourth-order valence-corrected chi connectivity index (χ4v) is 2.15. The van der Waals surface area contributed by atoms with E-state index < -0.39 is 0 Å². The summed E-state index contributed by atoms with van der Waals surface area (Å²) in [4.78, 5) is 12.1. The Morgan fingerprint density at radius 3 is 2.61 bits per heavy atom. The van der Waals surface area contributed by atoms with Crippen LogP contribution in [0, 0.1) is 6.92 Å². The Balaban J connectivity index is 2.28. The molecule has 2 nitrogen and oxygen atoms in total. The smallest absolute Gasteiger partial charge is 0.256 e. The van der Waals surface area contributed by atoms with Crippen LogP contribution < -0.4 is 5.32 Å². The fraction of sp³-hybridized carbons (Fsp3) is 0.0714. The van der Waals surface area contributed by atoms with Crippen LogP contribution in [0.2, 0.25) is 5.02 Å². The van der Waals surface area contributed by atoms with Crippen molar-refractivity contribution in [2.24, 2.45) is 0 Å². The molecule has 0 aliphatic heterocycles. The minimum Gasteiger partial charge on any atom is -0.321 e. The highest BCUT2D eigenvalue weighted by Crippen LogP contribution is 2.23. The van der Waals surface area contributed by atoms with Crippen LogP contribution in [0.1, 0.15) is 15.9 Å². The summed E-state index contributed by atoms with van der Waals surface area (Å²) in [6, 6.07) is 12.7. The maximum Gasteiger partial charge on any atom is 0.256 e. The van der Waals surface area contributed by atoms with Crippen molar-refractivity contribution in [1.29, 1.82) is 0 Å². The van der Waals surface area contributed by atoms with Gasteiger partial charge in [-0.05, 0) is 36.8 Å². The maximum absolute atomic E-state index is 12.1. The van der Waals surface area contributed by atoms with Crippen molar-refractivity contribution in [3.05, 3.63) is 63.1 Å². The van der Waals surface area contributed by atoms with Crippen molar-refractivity contribution in [3.63, 3.8) is 0 Å². The summed E-state index contributed by atoms with van der Waals surface area (Å²) in [5, 5.41) is 3.33. The lowest BCUT2D eigenvalue weighted by Crippen LogP contribution is -2.13. The molecule has 0 saturated carbocycles. The van der Waals surface area contributed by atoms with Crippen molar-refractivity contribution >= 4 is 39.1 Å². The summed E-state index contributed by atoms with van der Waals surface area (Å²) in [6.07, 6.45) is 0. The lowest BCUT2D eigenvalue weighted by Gasteiger charge is -2.09. The molecule has 4 heteroatoms. The Morgan fingerprint density at radius 2 is 1.89 bits per heavy atom. The molecule has 0 aromatic heterocycles. The zero-order valence-electron chi connectivity index (χ0n) is 9.71. The molecular weight excluding hydrogens is 314 g/mol. The van der Waals surface area contributed by atoms with E-state index in [2.05, 4.69) is 21.2 Å². The van der Waals surface area contributed by atoms with Crippen LogP contribution in [0.3, 0.4) is 0 Å². The molecule has 2 rings (SSSR count). The third-order valence-electron chi connectivity index (χ3n) is 2.63. The lowest BCUT2D eigenvalue weighted by atomic mass is 10.1. The Bertz CT molecular complexity index is 598. The van der Waals surface area contributed by atoms with Crippen LogP contribution in [0.15, 0.2) is 46.9 Å². The summed E-state index contributed by atoms with van der Waals surface area (Å²) in [7, 11) is 0. The van der Waals surface area contributed by atoms with Crippen LogP contribution in [-0.2, 0) is 0 Å². The molecule has 0 spiro atoms. The number of para-hydroxylation sites is 1. The Kier molecular flexibility index (Phi) is 4.04. The van der Waals surface area contributed by atoms with Crippen LogP contribution in [0.25, 0.3) is 0 Å². The van der Waals surface area contributed by atoms with Gasteiger partial charge in [0.15, 0.2) is 0 Å². The van der Waals surface area contributed by atoms with Gasteiger partial charge in [0.25, 0.3) is 5.91 Å². The molecule has 0 bridgehead atoms. The quantitative estimate of drug-likeness (QED) is 0.855. The molecule has 2 aromatic rings. The number of carbonyl (C=O) groups excluding carboxylic acids is 1. The zero-order chi connectivity index (χ0) is 13.1. The second-order valence-corrected chi connectivity index (χ2v) is 5.11. The Labute approximate surface area is 119 Å². The minimum atomic E-state index is -0.165. The van der Waals surface area contributed by atoms with E-state index in [1.165, 1.54) is 0 Å². The van der Waals surface area contributed by atoms with E-state index in [0.29, 0.717) is 16.3 Å². The molecule has 0 atom stereocenters. The van der Waals surface area contributed by atoms with Gasteiger partial charge in [-0.1, -0.05) is 45.7 Å². The average molecular weight is 325 g/mol. The summed E-state index contributed by atoms with van der Waals surface area (Å²) >= 11 is 9.41. The summed E-state index contributed by atoms with van der Waals surface area (Å²) in [6.45, 7) is 1.89. The third-order valence-corrected chi connectivity index (χ3v) is 3.82. The Hall–Kier alpha value is -1.32. The van der Waals surface area contributed by atoms with Gasteiger partial charge in [0, 0.05) is 10.0 Å². The summed E-state index contributed by atoms with van der Waals surface area (Å²) in [5.41, 5.74) is 2.15. The largest absolute Gasteiger partial charge is 0.321 e. The van der Waals surface area contributed by atoms with Crippen molar-refractivity contribution in [3.8, 4) is 0 Å². The first kappa shape index (κ1) is 13.1. The number of hydrogen-bond donors (Lipinski definition) is 1. The van der Waals surface area contributed by atoms with Gasteiger partial charge in [-0.25, -0.2) is 0 Å². The molecule has 0 heterocycles. The number of halogens is 2. The SMILES string of the molecule is Cc1c(Br)cccc1C(=O)Nc1ccccc1Cl. The van der Waals surface area contributed by atoms with Gasteiger partial charge in [-0.15, -0.1) is 0 Å². The highest BCUT2D eigenvalue weighted by molar-refractivity contribution is 9.10. The molecule has 0 aliphatic carbocycles. The Morgan fingerprint density at radius 1 is 1.17 bits per heavy atom. The monoisotopic (exact) mass is 323 g/mol. The van der Waals surface area contributed by atoms with E-state index in [9.17, 15) is 4.79 Å². The normalized spacial score (nSPS) is 10.2. The number of nitrogens with one attached hydrogen (secondary N) is 1. The first-order valence-corrected chi connectivity index (χ1v) is 6.57. The zero-order valence-corrected chi connectivity index (χ0v) is 12.0. The van der Waals surface area contributed by atoms with Crippen molar-refractivity contribution < 1.29 is 4.79 Å². The van der Waals surface area contributed by atoms with E-state index in [-0.39, 0.29) is 5.91 Å². The number of carbonyl (C=O) groups is 1. The lowest BCUT2D eigenvalue weighted by molar-refractivity contribution is 0.102. The van der Waals surface area contributed by atoms with Crippen molar-refractivity contribution in [2.75, 3.05) is 5.32 Å². The molecule has 0 unspecified atom stereocenters. The van der Waals surface area contributed by atoms with Crippen molar-refractivity contribution in [1.82, 2.24) is 0 Å². The van der Waals surface area contributed by atoms with Crippen LogP contribution >= 0.6 is 27.5 Å². The number of hydrogen-bond acceptors (Lipinski definition) is 1. The predicted octanol–water partition coefficient (Wildman–Crippen LogP) is 4.66. The molecule has 0 saturated heterocycles. The van der Waals surface area contributed by atoms with E-state index in [1.54, 1.807) is 18.2 Å². The molecule has 18 heavy (non-hydrogen) atoms. The van der Waals surface area contributed by atoms with E-state index >= 15 is 0 Å². The third kappa shape index (κ3) is 2.74. The van der Waals surface area contributed by atoms with Gasteiger partial charge in [0.1, 0.15) is 0 Å². The van der Waals surface area contributed by atoms with E-state index in [0.717, 1.165) is 10.0 Å². The second kappa shape index (κ2) is 5.55. The van der Waals surface area contributed by atoms with Gasteiger partial charge in [0.05, 0.1) is 10.7 Å². The molecule has 0 fully saturated rings. The van der Waals surface area contributed by atoms with Gasteiger partial charge in [-0.3, -0.25) is 4.79 Å². The van der Waals surface area contributed by atoms with Crippen LogP contribution in [0.5, 0.6) is 0 Å². The highest BCUT2D eigenvalue weighted by Gasteiger charge is 2.11. The second-order valence-electron chi connectivity index (χ2n) is 3.85. The molecule has 1 N–H and O–H groups in total. The summed E-state index contributed by atoms with van der Waals surface area (Å²) < 4.78 is 0.911. The van der Waals surface area contributed by atoms with Gasteiger partial charge < -0.3 is 5.32 Å². The topological polar surface area (TPSA) is 29.1 Å². The number of benzene rings is 2. The van der Waals surface area contributed by atoms with E-state index in [4.69, 9.17) is 11.6 Å². The molecule has 1 amide bonds. The molecule has 0 aliphatic rings. The number of amides is 1. The van der Waals surface area contributed by atoms with Crippen LogP contribution in [-0.4, -0.2) is 5.91 Å². The fourth-order valence-electron chi connectivity index (χ4n) is 1.61. The van der Waals surface area contributed by atoms with Crippen molar-refractivity contribution in [2.45, 2.75) is 6.92 Å². The molecule has 0 radical (unpaired) electrons. The number of rotatable bonds is 2. The standard InChI is InChI=1S/C14H11BrClNO/c1-9-10(5-4-6-11(9)15)14(18)17-13-8-3-2-7-12(13)16/h2-8H,1H3,(H,17,18). The van der Waals surface area contributed by atoms with Gasteiger partial charge >= 0.3 is 0 Å². The first-order valence-electron chi connectivity index (χ1n) is 5.40. The van der Waals surface area contributed by atoms with Gasteiger partial charge in [-0.2, -0.15) is 0 Å². The van der Waals surface area contributed by atoms with Crippen LogP contribution in [0.4, 0.5) is 5.69 Å². The number of anilines is 1. The molecular formula is C14H11BrClNO. The molecule has 2 aromatic carbocycles. The maximum atomic E-state index is 12.1. The van der Waals surface area contributed by atoms with Gasteiger partial charge in [0.2, 0.25) is 0 Å². The average Bonchev–Trinajstić information content (AvgIpc) is 2.35. The molecule has 92 valence electrons. The summed E-state index contributed by atoms with van der Waals surface area (Å²) in [5.74, 6) is -0.165. The first-order chi connectivity index (χ1) is 8.59. The predicted molar refractivity (Wildman–Crippen MR) is 78.3 cm³/mol.